The highest BCUT2D eigenvalue weighted by atomic mass is 16.2. The zero-order valence-electron chi connectivity index (χ0n) is 15.4. The third-order valence-electron chi connectivity index (χ3n) is 4.24. The molecule has 3 rings (SSSR count). The van der Waals surface area contributed by atoms with Gasteiger partial charge in [-0.05, 0) is 43.7 Å². The fraction of sp³-hybridized carbons (Fsp3) is 0.130. The molecule has 0 bridgehead atoms. The molecule has 0 radical (unpaired) electrons. The van der Waals surface area contributed by atoms with Crippen molar-refractivity contribution in [2.24, 2.45) is 0 Å². The number of amides is 1. The second-order valence-corrected chi connectivity index (χ2v) is 6.52. The summed E-state index contributed by atoms with van der Waals surface area (Å²) in [4.78, 5) is 25.6. The van der Waals surface area contributed by atoms with Gasteiger partial charge in [0.15, 0.2) is 6.17 Å². The van der Waals surface area contributed by atoms with Crippen LogP contribution < -0.4 is 10.6 Å². The zero-order valence-corrected chi connectivity index (χ0v) is 15.4. The van der Waals surface area contributed by atoms with Gasteiger partial charge < -0.3 is 10.6 Å². The Morgan fingerprint density at radius 3 is 2.11 bits per heavy atom. The first-order chi connectivity index (χ1) is 13.0. The van der Waals surface area contributed by atoms with Crippen molar-refractivity contribution in [1.82, 2.24) is 5.32 Å². The molecule has 4 nitrogen and oxygen atoms in total. The standard InChI is InChI=1S/C23H22N2O2/c1-16-11-13-19(14-12-16)23(27)25-22(21(26)18-8-4-3-5-9-18)24-20-10-6-7-17(2)15-20/h3-15,22,24H,1-2H3,(H,25,27)/t22-/m1/s1. The lowest BCUT2D eigenvalue weighted by molar-refractivity contribution is 0.0869. The number of carbonyl (C=O) groups is 2. The predicted octanol–water partition coefficient (Wildman–Crippen LogP) is 4.35. The Morgan fingerprint density at radius 1 is 0.741 bits per heavy atom. The Kier molecular flexibility index (Phi) is 5.67. The lowest BCUT2D eigenvalue weighted by Crippen LogP contribution is -2.46. The van der Waals surface area contributed by atoms with E-state index in [0.29, 0.717) is 11.1 Å². The Balaban J connectivity index is 1.85. The predicted molar refractivity (Wildman–Crippen MR) is 108 cm³/mol. The van der Waals surface area contributed by atoms with Crippen molar-refractivity contribution in [3.8, 4) is 0 Å². The van der Waals surface area contributed by atoms with Crippen LogP contribution in [0.3, 0.4) is 0 Å². The molecular formula is C23H22N2O2. The maximum atomic E-state index is 13.0. The van der Waals surface area contributed by atoms with Crippen LogP contribution in [-0.4, -0.2) is 17.9 Å². The van der Waals surface area contributed by atoms with Crippen molar-refractivity contribution in [1.29, 1.82) is 0 Å². The molecule has 0 aliphatic heterocycles. The van der Waals surface area contributed by atoms with Gasteiger partial charge in [-0.25, -0.2) is 0 Å². The minimum absolute atomic E-state index is 0.197. The Bertz CT molecular complexity index is 934. The molecule has 1 atom stereocenters. The summed E-state index contributed by atoms with van der Waals surface area (Å²) in [5.41, 5.74) is 3.95. The molecule has 3 aromatic rings. The topological polar surface area (TPSA) is 58.2 Å². The highest BCUT2D eigenvalue weighted by Crippen LogP contribution is 2.13. The number of rotatable bonds is 6. The number of benzene rings is 3. The largest absolute Gasteiger partial charge is 0.359 e. The van der Waals surface area contributed by atoms with E-state index in [2.05, 4.69) is 10.6 Å². The Morgan fingerprint density at radius 2 is 1.44 bits per heavy atom. The van der Waals surface area contributed by atoms with E-state index in [1.54, 1.807) is 36.4 Å². The summed E-state index contributed by atoms with van der Waals surface area (Å²) >= 11 is 0. The van der Waals surface area contributed by atoms with Crippen LogP contribution in [0.1, 0.15) is 31.8 Å². The van der Waals surface area contributed by atoms with E-state index < -0.39 is 6.17 Å². The fourth-order valence-corrected chi connectivity index (χ4v) is 2.76. The molecule has 0 aliphatic carbocycles. The van der Waals surface area contributed by atoms with Crippen molar-refractivity contribution in [3.63, 3.8) is 0 Å². The molecule has 0 aromatic heterocycles. The van der Waals surface area contributed by atoms with Crippen LogP contribution in [0.5, 0.6) is 0 Å². The number of Topliss-reactive ketones (excluding diaryl/α,β-unsaturated/α-hetero) is 1. The van der Waals surface area contributed by atoms with E-state index in [1.165, 1.54) is 0 Å². The third kappa shape index (κ3) is 4.82. The average Bonchev–Trinajstić information content (AvgIpc) is 2.68. The van der Waals surface area contributed by atoms with Gasteiger partial charge in [0, 0.05) is 16.8 Å². The van der Waals surface area contributed by atoms with Crippen LogP contribution in [0.25, 0.3) is 0 Å². The van der Waals surface area contributed by atoms with Crippen molar-refractivity contribution in [2.75, 3.05) is 5.32 Å². The molecule has 0 unspecified atom stereocenters. The van der Waals surface area contributed by atoms with E-state index in [0.717, 1.165) is 16.8 Å². The van der Waals surface area contributed by atoms with E-state index in [1.807, 2.05) is 56.3 Å². The van der Waals surface area contributed by atoms with Gasteiger partial charge in [-0.15, -0.1) is 0 Å². The second kappa shape index (κ2) is 8.32. The summed E-state index contributed by atoms with van der Waals surface area (Å²) in [6, 6.07) is 23.9. The highest BCUT2D eigenvalue weighted by molar-refractivity contribution is 6.05. The summed E-state index contributed by atoms with van der Waals surface area (Å²) < 4.78 is 0. The van der Waals surface area contributed by atoms with Crippen LogP contribution in [0.2, 0.25) is 0 Å². The number of ketones is 1. The number of anilines is 1. The maximum absolute atomic E-state index is 13.0. The van der Waals surface area contributed by atoms with Crippen LogP contribution >= 0.6 is 0 Å². The van der Waals surface area contributed by atoms with E-state index in [4.69, 9.17) is 0 Å². The maximum Gasteiger partial charge on any atom is 0.253 e. The van der Waals surface area contributed by atoms with E-state index >= 15 is 0 Å². The number of nitrogens with one attached hydrogen (secondary N) is 2. The Hall–Kier alpha value is -3.40. The number of aryl methyl sites for hydroxylation is 2. The Labute approximate surface area is 159 Å². The van der Waals surface area contributed by atoms with Crippen LogP contribution in [0.15, 0.2) is 78.9 Å². The van der Waals surface area contributed by atoms with Gasteiger partial charge in [-0.1, -0.05) is 60.2 Å². The third-order valence-corrected chi connectivity index (χ3v) is 4.24. The van der Waals surface area contributed by atoms with Crippen molar-refractivity contribution < 1.29 is 9.59 Å². The normalized spacial score (nSPS) is 11.5. The number of hydrogen-bond donors (Lipinski definition) is 2. The fourth-order valence-electron chi connectivity index (χ4n) is 2.76. The molecule has 0 saturated carbocycles. The van der Waals surface area contributed by atoms with Gasteiger partial charge in [-0.2, -0.15) is 0 Å². The molecule has 136 valence electrons. The van der Waals surface area contributed by atoms with Crippen molar-refractivity contribution >= 4 is 17.4 Å². The van der Waals surface area contributed by atoms with Gasteiger partial charge in [0.05, 0.1) is 0 Å². The molecule has 27 heavy (non-hydrogen) atoms. The average molecular weight is 358 g/mol. The second-order valence-electron chi connectivity index (χ2n) is 6.52. The first-order valence-electron chi connectivity index (χ1n) is 8.83. The van der Waals surface area contributed by atoms with Crippen LogP contribution in [0.4, 0.5) is 5.69 Å². The van der Waals surface area contributed by atoms with Gasteiger partial charge >= 0.3 is 0 Å². The molecule has 1 amide bonds. The minimum Gasteiger partial charge on any atom is -0.359 e. The van der Waals surface area contributed by atoms with Gasteiger partial charge in [0.2, 0.25) is 5.78 Å². The lowest BCUT2D eigenvalue weighted by Gasteiger charge is -2.21. The number of carbonyl (C=O) groups excluding carboxylic acids is 2. The quantitative estimate of drug-likeness (QED) is 0.509. The van der Waals surface area contributed by atoms with Crippen molar-refractivity contribution in [2.45, 2.75) is 20.0 Å². The van der Waals surface area contributed by atoms with Crippen molar-refractivity contribution in [3.05, 3.63) is 101 Å². The van der Waals surface area contributed by atoms with E-state index in [9.17, 15) is 9.59 Å². The molecule has 0 fully saturated rings. The molecule has 0 spiro atoms. The van der Waals surface area contributed by atoms with E-state index in [-0.39, 0.29) is 11.7 Å². The minimum atomic E-state index is -0.872. The molecule has 3 aromatic carbocycles. The first kappa shape index (κ1) is 18.4. The monoisotopic (exact) mass is 358 g/mol. The summed E-state index contributed by atoms with van der Waals surface area (Å²) in [5.74, 6) is -0.498. The summed E-state index contributed by atoms with van der Waals surface area (Å²) in [6.45, 7) is 3.94. The lowest BCUT2D eigenvalue weighted by atomic mass is 10.1. The molecule has 0 saturated heterocycles. The van der Waals surface area contributed by atoms with Gasteiger partial charge in [-0.3, -0.25) is 9.59 Å². The molecule has 2 N–H and O–H groups in total. The zero-order chi connectivity index (χ0) is 19.2. The molecular weight excluding hydrogens is 336 g/mol. The summed E-state index contributed by atoms with van der Waals surface area (Å²) in [5, 5.41) is 5.97. The molecule has 4 heteroatoms. The van der Waals surface area contributed by atoms with Crippen LogP contribution in [0, 0.1) is 13.8 Å². The first-order valence-corrected chi connectivity index (χ1v) is 8.83. The molecule has 0 heterocycles. The van der Waals surface area contributed by atoms with Gasteiger partial charge in [0.1, 0.15) is 0 Å². The SMILES string of the molecule is Cc1ccc(C(=O)N[C@@H](Nc2cccc(C)c2)C(=O)c2ccccc2)cc1. The smallest absolute Gasteiger partial charge is 0.253 e. The van der Waals surface area contributed by atoms with Gasteiger partial charge in [0.25, 0.3) is 5.91 Å². The highest BCUT2D eigenvalue weighted by Gasteiger charge is 2.22. The number of hydrogen-bond acceptors (Lipinski definition) is 3. The summed E-state index contributed by atoms with van der Waals surface area (Å²) in [6.07, 6.45) is -0.872. The summed E-state index contributed by atoms with van der Waals surface area (Å²) in [7, 11) is 0. The molecule has 0 aliphatic rings. The van der Waals surface area contributed by atoms with Crippen LogP contribution in [-0.2, 0) is 0 Å².